The van der Waals surface area contributed by atoms with Gasteiger partial charge in [0.1, 0.15) is 0 Å². The zero-order valence-electron chi connectivity index (χ0n) is 7.84. The molecule has 1 aromatic rings. The molecule has 0 fully saturated rings. The second-order valence-electron chi connectivity index (χ2n) is 2.83. The zero-order valence-corrected chi connectivity index (χ0v) is 7.84. The van der Waals surface area contributed by atoms with Gasteiger partial charge in [-0.3, -0.25) is 10.1 Å². The summed E-state index contributed by atoms with van der Waals surface area (Å²) in [6.45, 7) is 0.997. The van der Waals surface area contributed by atoms with Crippen LogP contribution in [0.25, 0.3) is 0 Å². The van der Waals surface area contributed by atoms with Crippen LogP contribution in [0.5, 0.6) is 5.75 Å². The summed E-state index contributed by atoms with van der Waals surface area (Å²) in [5, 5.41) is 10.3. The first kappa shape index (κ1) is 12.2. The minimum Gasteiger partial charge on any atom is -0.403 e. The van der Waals surface area contributed by atoms with Crippen molar-refractivity contribution in [3.63, 3.8) is 0 Å². The Labute approximate surface area is 86.6 Å². The molecular formula is C8H5F4NO3. The van der Waals surface area contributed by atoms with E-state index in [2.05, 4.69) is 4.74 Å². The molecule has 0 aliphatic heterocycles. The number of hydrogen-bond acceptors (Lipinski definition) is 3. The molecular weight excluding hydrogens is 234 g/mol. The molecule has 1 rings (SSSR count). The van der Waals surface area contributed by atoms with Crippen LogP contribution in [0.1, 0.15) is 5.56 Å². The van der Waals surface area contributed by atoms with Crippen LogP contribution in [-0.4, -0.2) is 11.3 Å². The molecule has 0 saturated carbocycles. The summed E-state index contributed by atoms with van der Waals surface area (Å²) >= 11 is 0. The van der Waals surface area contributed by atoms with E-state index in [1.807, 2.05) is 0 Å². The van der Waals surface area contributed by atoms with Gasteiger partial charge in [0.2, 0.25) is 0 Å². The molecule has 8 heteroatoms. The maximum Gasteiger partial charge on any atom is 0.573 e. The van der Waals surface area contributed by atoms with Crippen molar-refractivity contribution in [1.82, 2.24) is 0 Å². The first-order valence-corrected chi connectivity index (χ1v) is 3.91. The van der Waals surface area contributed by atoms with Crippen molar-refractivity contribution in [2.45, 2.75) is 13.3 Å². The second-order valence-corrected chi connectivity index (χ2v) is 2.83. The molecule has 0 unspecified atom stereocenters. The maximum atomic E-state index is 13.2. The van der Waals surface area contributed by atoms with E-state index in [9.17, 15) is 27.7 Å². The minimum absolute atomic E-state index is 0.508. The lowest BCUT2D eigenvalue weighted by atomic mass is 10.2. The number of alkyl halides is 3. The lowest BCUT2D eigenvalue weighted by molar-refractivity contribution is -0.385. The van der Waals surface area contributed by atoms with Crippen molar-refractivity contribution in [3.05, 3.63) is 33.6 Å². The van der Waals surface area contributed by atoms with Crippen LogP contribution in [0.15, 0.2) is 12.1 Å². The first-order chi connectivity index (χ1) is 7.22. The highest BCUT2D eigenvalue weighted by molar-refractivity contribution is 5.45. The van der Waals surface area contributed by atoms with Gasteiger partial charge in [-0.15, -0.1) is 13.2 Å². The van der Waals surface area contributed by atoms with Gasteiger partial charge < -0.3 is 4.74 Å². The van der Waals surface area contributed by atoms with Crippen molar-refractivity contribution >= 4 is 5.69 Å². The van der Waals surface area contributed by atoms with E-state index in [0.29, 0.717) is 6.07 Å². The van der Waals surface area contributed by atoms with Crippen molar-refractivity contribution in [2.24, 2.45) is 0 Å². The summed E-state index contributed by atoms with van der Waals surface area (Å²) in [7, 11) is 0. The molecule has 0 aromatic heterocycles. The van der Waals surface area contributed by atoms with Crippen molar-refractivity contribution < 1.29 is 27.2 Å². The molecule has 0 saturated heterocycles. The third-order valence-corrected chi connectivity index (χ3v) is 1.74. The first-order valence-electron chi connectivity index (χ1n) is 3.91. The molecule has 0 N–H and O–H groups in total. The molecule has 0 bridgehead atoms. The molecule has 88 valence electrons. The number of hydrogen-bond donors (Lipinski definition) is 0. The summed E-state index contributed by atoms with van der Waals surface area (Å²) < 4.78 is 51.9. The lowest BCUT2D eigenvalue weighted by Crippen LogP contribution is -2.18. The molecule has 16 heavy (non-hydrogen) atoms. The van der Waals surface area contributed by atoms with E-state index in [0.717, 1.165) is 13.0 Å². The Morgan fingerprint density at radius 1 is 1.38 bits per heavy atom. The highest BCUT2D eigenvalue weighted by atomic mass is 19.4. The fourth-order valence-corrected chi connectivity index (χ4v) is 1.05. The van der Waals surface area contributed by atoms with E-state index in [1.165, 1.54) is 0 Å². The van der Waals surface area contributed by atoms with Gasteiger partial charge >= 0.3 is 6.36 Å². The average molecular weight is 239 g/mol. The van der Waals surface area contributed by atoms with E-state index >= 15 is 0 Å². The number of benzene rings is 1. The molecule has 4 nitrogen and oxygen atoms in total. The van der Waals surface area contributed by atoms with Gasteiger partial charge in [0.15, 0.2) is 11.6 Å². The van der Waals surface area contributed by atoms with Crippen LogP contribution in [0.2, 0.25) is 0 Å². The number of rotatable bonds is 2. The molecule has 0 radical (unpaired) electrons. The van der Waals surface area contributed by atoms with E-state index in [4.69, 9.17) is 0 Å². The fraction of sp³-hybridized carbons (Fsp3) is 0.250. The zero-order chi connectivity index (χ0) is 12.5. The Kier molecular flexibility index (Phi) is 3.02. The topological polar surface area (TPSA) is 52.4 Å². The minimum atomic E-state index is -5.04. The molecule has 0 aliphatic carbocycles. The molecule has 0 heterocycles. The number of nitro benzene ring substituents is 1. The van der Waals surface area contributed by atoms with Crippen molar-refractivity contribution in [3.8, 4) is 5.75 Å². The van der Waals surface area contributed by atoms with Crippen LogP contribution in [-0.2, 0) is 0 Å². The van der Waals surface area contributed by atoms with Gasteiger partial charge in [-0.05, 0) is 13.0 Å². The summed E-state index contributed by atoms with van der Waals surface area (Å²) in [5.74, 6) is -2.48. The molecule has 0 amide bonds. The van der Waals surface area contributed by atoms with Crippen molar-refractivity contribution in [2.75, 3.05) is 0 Å². The van der Waals surface area contributed by atoms with Crippen LogP contribution >= 0.6 is 0 Å². The highest BCUT2D eigenvalue weighted by Crippen LogP contribution is 2.31. The third-order valence-electron chi connectivity index (χ3n) is 1.74. The Morgan fingerprint density at radius 2 is 1.94 bits per heavy atom. The SMILES string of the molecule is Cc1c([N+](=O)[O-])ccc(OC(F)(F)F)c1F. The van der Waals surface area contributed by atoms with Crippen LogP contribution in [0.4, 0.5) is 23.2 Å². The number of nitrogens with zero attached hydrogens (tertiary/aromatic N) is 1. The largest absolute Gasteiger partial charge is 0.573 e. The van der Waals surface area contributed by atoms with E-state index < -0.39 is 34.1 Å². The van der Waals surface area contributed by atoms with Crippen LogP contribution in [0, 0.1) is 22.9 Å². The molecule has 0 atom stereocenters. The standard InChI is InChI=1S/C8H5F4NO3/c1-4-5(13(14)15)2-3-6(7(4)9)16-8(10,11)12/h2-3H,1H3. The van der Waals surface area contributed by atoms with Gasteiger partial charge in [-0.1, -0.05) is 0 Å². The molecule has 1 aromatic carbocycles. The third kappa shape index (κ3) is 2.59. The number of nitro groups is 1. The Balaban J connectivity index is 3.17. The fourth-order valence-electron chi connectivity index (χ4n) is 1.05. The number of ether oxygens (including phenoxy) is 1. The quantitative estimate of drug-likeness (QED) is 0.453. The Morgan fingerprint density at radius 3 is 2.38 bits per heavy atom. The maximum absolute atomic E-state index is 13.2. The smallest absolute Gasteiger partial charge is 0.403 e. The summed E-state index contributed by atoms with van der Waals surface area (Å²) in [5.41, 5.74) is -1.11. The van der Waals surface area contributed by atoms with E-state index in [1.54, 1.807) is 0 Å². The van der Waals surface area contributed by atoms with Gasteiger partial charge in [0, 0.05) is 6.07 Å². The summed E-state index contributed by atoms with van der Waals surface area (Å²) in [6.07, 6.45) is -5.04. The Bertz CT molecular complexity index is 430. The van der Waals surface area contributed by atoms with E-state index in [-0.39, 0.29) is 0 Å². The molecule has 0 spiro atoms. The van der Waals surface area contributed by atoms with Crippen molar-refractivity contribution in [1.29, 1.82) is 0 Å². The molecule has 0 aliphatic rings. The van der Waals surface area contributed by atoms with Gasteiger partial charge in [-0.2, -0.15) is 0 Å². The Hall–Kier alpha value is -1.86. The highest BCUT2D eigenvalue weighted by Gasteiger charge is 2.33. The van der Waals surface area contributed by atoms with Crippen LogP contribution < -0.4 is 4.74 Å². The van der Waals surface area contributed by atoms with Gasteiger partial charge in [-0.25, -0.2) is 4.39 Å². The second kappa shape index (κ2) is 3.95. The number of halogens is 4. The van der Waals surface area contributed by atoms with Gasteiger partial charge in [0.05, 0.1) is 10.5 Å². The summed E-state index contributed by atoms with van der Waals surface area (Å²) in [6, 6.07) is 1.31. The normalized spacial score (nSPS) is 11.3. The average Bonchev–Trinajstić information content (AvgIpc) is 2.10. The monoisotopic (exact) mass is 239 g/mol. The van der Waals surface area contributed by atoms with Gasteiger partial charge in [0.25, 0.3) is 5.69 Å². The van der Waals surface area contributed by atoms with Crippen LogP contribution in [0.3, 0.4) is 0 Å². The predicted molar refractivity (Wildman–Crippen MR) is 44.5 cm³/mol. The summed E-state index contributed by atoms with van der Waals surface area (Å²) in [4.78, 5) is 9.45. The predicted octanol–water partition coefficient (Wildman–Crippen LogP) is 2.94. The lowest BCUT2D eigenvalue weighted by Gasteiger charge is -2.10.